The molecule has 1 amide bonds. The largest absolute Gasteiger partial charge is 0.388 e. The summed E-state index contributed by atoms with van der Waals surface area (Å²) in [6, 6.07) is 2.21. The smallest absolute Gasteiger partial charge is 0.263 e. The van der Waals surface area contributed by atoms with Crippen molar-refractivity contribution in [3.05, 3.63) is 11.8 Å². The van der Waals surface area contributed by atoms with Crippen LogP contribution < -0.4 is 10.6 Å². The minimum absolute atomic E-state index is 0.144. The number of nitriles is 1. The van der Waals surface area contributed by atoms with Gasteiger partial charge in [0, 0.05) is 25.3 Å². The van der Waals surface area contributed by atoms with Gasteiger partial charge in [-0.25, -0.2) is 0 Å². The maximum absolute atomic E-state index is 12.7. The van der Waals surface area contributed by atoms with Crippen molar-refractivity contribution in [2.24, 2.45) is 23.2 Å². The van der Waals surface area contributed by atoms with Crippen molar-refractivity contribution in [1.29, 1.82) is 5.26 Å². The van der Waals surface area contributed by atoms with Crippen molar-refractivity contribution in [3.63, 3.8) is 0 Å². The molecule has 27 heavy (non-hydrogen) atoms. The zero-order chi connectivity index (χ0) is 19.4. The second kappa shape index (κ2) is 8.65. The number of hydrogen-bond donors (Lipinski definition) is 2. The molecular weight excluding hydrogens is 336 g/mol. The highest BCUT2D eigenvalue weighted by atomic mass is 16.1. The number of carbonyl (C=O) groups excluding carboxylic acids is 1. The highest BCUT2D eigenvalue weighted by molar-refractivity contribution is 5.97. The van der Waals surface area contributed by atoms with Gasteiger partial charge in [-0.1, -0.05) is 13.8 Å². The summed E-state index contributed by atoms with van der Waals surface area (Å²) in [6.07, 6.45) is 9.57. The molecule has 0 aliphatic heterocycles. The fourth-order valence-electron chi connectivity index (χ4n) is 6.22. The van der Waals surface area contributed by atoms with E-state index in [1.54, 1.807) is 6.20 Å². The zero-order valence-corrected chi connectivity index (χ0v) is 17.3. The van der Waals surface area contributed by atoms with E-state index in [9.17, 15) is 10.1 Å². The molecule has 5 heteroatoms. The highest BCUT2D eigenvalue weighted by Gasteiger charge is 2.53. The van der Waals surface area contributed by atoms with Crippen LogP contribution in [0, 0.1) is 34.5 Å². The number of rotatable bonds is 9. The third-order valence-corrected chi connectivity index (χ3v) is 7.43. The van der Waals surface area contributed by atoms with Crippen molar-refractivity contribution in [2.45, 2.75) is 65.3 Å². The highest BCUT2D eigenvalue weighted by Crippen LogP contribution is 2.61. The molecule has 1 atom stereocenters. The summed E-state index contributed by atoms with van der Waals surface area (Å²) in [5.74, 6) is 2.37. The van der Waals surface area contributed by atoms with Gasteiger partial charge < -0.3 is 15.5 Å². The fourth-order valence-corrected chi connectivity index (χ4v) is 6.22. The van der Waals surface area contributed by atoms with Crippen LogP contribution in [0.1, 0.15) is 59.3 Å². The quantitative estimate of drug-likeness (QED) is 0.371. The van der Waals surface area contributed by atoms with Gasteiger partial charge in [0.25, 0.3) is 5.91 Å². The van der Waals surface area contributed by atoms with E-state index in [4.69, 9.17) is 0 Å². The molecule has 0 radical (unpaired) electrons. The predicted octanol–water partition coefficient (Wildman–Crippen LogP) is 3.05. The number of carbonyl (C=O) groups is 1. The van der Waals surface area contributed by atoms with E-state index in [2.05, 4.69) is 42.4 Å². The number of nitrogens with one attached hydrogen (secondary N) is 2. The van der Waals surface area contributed by atoms with E-state index in [0.29, 0.717) is 0 Å². The monoisotopic (exact) mass is 372 g/mol. The fraction of sp³-hybridized carbons (Fsp3) is 0.818. The molecule has 0 aromatic heterocycles. The number of likely N-dealkylation sites (N-methyl/N-ethyl adjacent to an activating group) is 1. The van der Waals surface area contributed by atoms with Crippen LogP contribution >= 0.6 is 0 Å². The first-order valence-electron chi connectivity index (χ1n) is 10.9. The first kappa shape index (κ1) is 20.2. The maximum atomic E-state index is 12.7. The lowest BCUT2D eigenvalue weighted by atomic mass is 9.48. The van der Waals surface area contributed by atoms with E-state index in [-0.39, 0.29) is 22.9 Å². The summed E-state index contributed by atoms with van der Waals surface area (Å²) in [5.41, 5.74) is 0.451. The third kappa shape index (κ3) is 4.48. The summed E-state index contributed by atoms with van der Waals surface area (Å²) in [5, 5.41) is 15.7. The first-order valence-corrected chi connectivity index (χ1v) is 10.9. The first-order chi connectivity index (χ1) is 13.0. The van der Waals surface area contributed by atoms with Crippen LogP contribution in [0.5, 0.6) is 0 Å². The van der Waals surface area contributed by atoms with Crippen molar-refractivity contribution in [3.8, 4) is 6.07 Å². The van der Waals surface area contributed by atoms with Crippen LogP contribution in [0.4, 0.5) is 0 Å². The van der Waals surface area contributed by atoms with Gasteiger partial charge in [-0.15, -0.1) is 0 Å². The molecule has 4 rings (SSSR count). The lowest BCUT2D eigenvalue weighted by molar-refractivity contribution is -0.122. The summed E-state index contributed by atoms with van der Waals surface area (Å²) < 4.78 is 0. The van der Waals surface area contributed by atoms with Gasteiger partial charge in [0.1, 0.15) is 11.6 Å². The van der Waals surface area contributed by atoms with Crippen molar-refractivity contribution in [1.82, 2.24) is 15.5 Å². The van der Waals surface area contributed by atoms with Gasteiger partial charge in [-0.2, -0.15) is 5.26 Å². The molecule has 5 nitrogen and oxygen atoms in total. The lowest BCUT2D eigenvalue weighted by Crippen LogP contribution is -2.56. The Morgan fingerprint density at radius 1 is 1.19 bits per heavy atom. The molecule has 150 valence electrons. The van der Waals surface area contributed by atoms with Crippen molar-refractivity contribution >= 4 is 5.91 Å². The Morgan fingerprint density at radius 2 is 1.74 bits per heavy atom. The van der Waals surface area contributed by atoms with E-state index in [0.717, 1.165) is 43.9 Å². The van der Waals surface area contributed by atoms with Crippen LogP contribution in [0.2, 0.25) is 0 Å². The molecule has 1 unspecified atom stereocenters. The van der Waals surface area contributed by atoms with E-state index in [1.165, 1.54) is 38.5 Å². The van der Waals surface area contributed by atoms with Crippen LogP contribution in [0.3, 0.4) is 0 Å². The van der Waals surface area contributed by atoms with Crippen LogP contribution in [0.15, 0.2) is 11.8 Å². The zero-order valence-electron chi connectivity index (χ0n) is 17.3. The molecule has 0 aromatic carbocycles. The summed E-state index contributed by atoms with van der Waals surface area (Å²) >= 11 is 0. The molecule has 0 aromatic rings. The Hall–Kier alpha value is -1.54. The van der Waals surface area contributed by atoms with E-state index >= 15 is 0 Å². The molecule has 0 saturated heterocycles. The van der Waals surface area contributed by atoms with Crippen LogP contribution in [-0.4, -0.2) is 43.0 Å². The molecule has 4 aliphatic carbocycles. The van der Waals surface area contributed by atoms with Crippen LogP contribution in [-0.2, 0) is 4.79 Å². The minimum Gasteiger partial charge on any atom is -0.388 e. The Balaban J connectivity index is 1.54. The number of hydrogen-bond acceptors (Lipinski definition) is 4. The molecule has 0 heterocycles. The number of nitrogens with zero attached hydrogens (tertiary/aromatic N) is 2. The predicted molar refractivity (Wildman–Crippen MR) is 108 cm³/mol. The van der Waals surface area contributed by atoms with Gasteiger partial charge in [0.2, 0.25) is 0 Å². The molecule has 4 fully saturated rings. The van der Waals surface area contributed by atoms with Gasteiger partial charge in [0.05, 0.1) is 0 Å². The lowest BCUT2D eigenvalue weighted by Gasteiger charge is -2.59. The molecule has 2 N–H and O–H groups in total. The standard InChI is InChI=1S/C22H36N4O/c1-4-26(5-2)7-6-24-15-20(14-23)21(27)25-16(3)22-11-17-8-18(12-22)10-19(9-17)13-22/h15-19,24H,4-13H2,1-3H3,(H,25,27)/b20-15-. The Kier molecular flexibility index (Phi) is 6.47. The van der Waals surface area contributed by atoms with Gasteiger partial charge >= 0.3 is 0 Å². The molecule has 0 spiro atoms. The van der Waals surface area contributed by atoms with E-state index in [1.807, 2.05) is 0 Å². The average molecular weight is 373 g/mol. The Morgan fingerprint density at radius 3 is 2.22 bits per heavy atom. The molecule has 4 saturated carbocycles. The number of amides is 1. The van der Waals surface area contributed by atoms with Crippen molar-refractivity contribution in [2.75, 3.05) is 26.2 Å². The summed E-state index contributed by atoms with van der Waals surface area (Å²) in [7, 11) is 0. The maximum Gasteiger partial charge on any atom is 0.263 e. The SMILES string of the molecule is CCN(CC)CCN/C=C(/C#N)C(=O)NC(C)C12CC3CC(CC(C3)C1)C2. The normalized spacial score (nSPS) is 33.0. The molecule has 4 aliphatic rings. The molecular formula is C22H36N4O. The second-order valence-corrected chi connectivity index (χ2v) is 9.13. The second-order valence-electron chi connectivity index (χ2n) is 9.13. The van der Waals surface area contributed by atoms with Crippen molar-refractivity contribution < 1.29 is 4.79 Å². The summed E-state index contributed by atoms with van der Waals surface area (Å²) in [6.45, 7) is 10.1. The average Bonchev–Trinajstić information content (AvgIpc) is 2.63. The minimum atomic E-state index is -0.226. The molecule has 4 bridgehead atoms. The topological polar surface area (TPSA) is 68.2 Å². The van der Waals surface area contributed by atoms with Gasteiger partial charge in [-0.05, 0) is 81.7 Å². The Labute approximate surface area is 164 Å². The Bertz CT molecular complexity index is 567. The third-order valence-electron chi connectivity index (χ3n) is 7.43. The van der Waals surface area contributed by atoms with Crippen LogP contribution in [0.25, 0.3) is 0 Å². The van der Waals surface area contributed by atoms with E-state index < -0.39 is 0 Å². The van der Waals surface area contributed by atoms with Gasteiger partial charge in [0.15, 0.2) is 0 Å². The van der Waals surface area contributed by atoms with Gasteiger partial charge in [-0.3, -0.25) is 4.79 Å². The summed E-state index contributed by atoms with van der Waals surface area (Å²) in [4.78, 5) is 15.0.